The highest BCUT2D eigenvalue weighted by Crippen LogP contribution is 2.42. The van der Waals surface area contributed by atoms with Crippen LogP contribution in [0.3, 0.4) is 0 Å². The first-order chi connectivity index (χ1) is 12.5. The Bertz CT molecular complexity index is 524. The average molecular weight is 427 g/mol. The maximum Gasteiger partial charge on any atom is 0.192 e. The van der Waals surface area contributed by atoms with Crippen LogP contribution in [0.15, 0.2) is 11.6 Å². The summed E-state index contributed by atoms with van der Waals surface area (Å²) in [5.41, 5.74) is 1.64. The number of hydrogen-bond acceptors (Lipinski definition) is 2. The second kappa shape index (κ2) is 9.49. The Labute approximate surface area is 179 Å². The molecule has 0 aliphatic heterocycles. The summed E-state index contributed by atoms with van der Waals surface area (Å²) in [6.07, 6.45) is 8.66. The maximum atomic E-state index is 7.02. The van der Waals surface area contributed by atoms with E-state index >= 15 is 0 Å². The first-order valence-corrected chi connectivity index (χ1v) is 17.4. The molecule has 0 N–H and O–H groups in total. The molecule has 28 heavy (non-hydrogen) atoms. The van der Waals surface area contributed by atoms with E-state index in [9.17, 15) is 0 Å². The molecule has 0 amide bonds. The van der Waals surface area contributed by atoms with Gasteiger partial charge in [-0.05, 0) is 74.3 Å². The van der Waals surface area contributed by atoms with Gasteiger partial charge in [0.1, 0.15) is 0 Å². The zero-order valence-electron chi connectivity index (χ0n) is 21.2. The third-order valence-electron chi connectivity index (χ3n) is 7.74. The monoisotopic (exact) mass is 426 g/mol. The highest BCUT2D eigenvalue weighted by atomic mass is 28.4. The van der Waals surface area contributed by atoms with Crippen molar-refractivity contribution in [1.29, 1.82) is 0 Å². The molecule has 1 aliphatic carbocycles. The Kier molecular flexibility index (Phi) is 8.85. The highest BCUT2D eigenvalue weighted by Gasteiger charge is 2.44. The summed E-state index contributed by atoms with van der Waals surface area (Å²) in [7, 11) is -3.66. The Morgan fingerprint density at radius 2 is 1.32 bits per heavy atom. The molecule has 166 valence electrons. The Balaban J connectivity index is 3.15. The largest absolute Gasteiger partial charge is 0.411 e. The molecule has 0 bridgehead atoms. The summed E-state index contributed by atoms with van der Waals surface area (Å²) in [5, 5.41) is 0.459. The van der Waals surface area contributed by atoms with Gasteiger partial charge >= 0.3 is 0 Å². The van der Waals surface area contributed by atoms with E-state index in [0.29, 0.717) is 5.92 Å². The van der Waals surface area contributed by atoms with Gasteiger partial charge in [-0.1, -0.05) is 67.0 Å². The molecule has 0 saturated carbocycles. The van der Waals surface area contributed by atoms with Crippen molar-refractivity contribution in [2.45, 2.75) is 136 Å². The third-order valence-corrected chi connectivity index (χ3v) is 16.7. The van der Waals surface area contributed by atoms with E-state index in [-0.39, 0.29) is 22.3 Å². The van der Waals surface area contributed by atoms with Crippen molar-refractivity contribution < 1.29 is 8.85 Å². The zero-order valence-corrected chi connectivity index (χ0v) is 23.2. The van der Waals surface area contributed by atoms with Gasteiger partial charge in [0, 0.05) is 0 Å². The van der Waals surface area contributed by atoms with Crippen LogP contribution >= 0.6 is 0 Å². The van der Waals surface area contributed by atoms with Crippen molar-refractivity contribution in [3.05, 3.63) is 11.6 Å². The minimum absolute atomic E-state index is 0.225. The fourth-order valence-electron chi connectivity index (χ4n) is 3.31. The SMILES string of the molecule is CCC(C)/C1=C/CC[C@@H](O[Si](C)(C)C(C)(C)C)[C@@H](O[Si](C)(C)C(C)(C)C)CC1. The molecule has 0 radical (unpaired) electrons. The van der Waals surface area contributed by atoms with Crippen LogP contribution in [0.4, 0.5) is 0 Å². The molecule has 0 aromatic rings. The maximum absolute atomic E-state index is 7.02. The minimum Gasteiger partial charge on any atom is -0.411 e. The Hall–Kier alpha value is 0.0938. The summed E-state index contributed by atoms with van der Waals surface area (Å²) in [5.74, 6) is 0.686. The van der Waals surface area contributed by atoms with Crippen molar-refractivity contribution in [3.8, 4) is 0 Å². The Morgan fingerprint density at radius 1 is 0.893 bits per heavy atom. The number of rotatable bonds is 6. The molecule has 0 heterocycles. The van der Waals surface area contributed by atoms with E-state index in [4.69, 9.17) is 8.85 Å². The van der Waals surface area contributed by atoms with E-state index < -0.39 is 16.6 Å². The molecule has 0 spiro atoms. The molecule has 1 rings (SSSR count). The molecule has 0 saturated heterocycles. The lowest BCUT2D eigenvalue weighted by molar-refractivity contribution is 0.0244. The lowest BCUT2D eigenvalue weighted by Gasteiger charge is -2.46. The summed E-state index contributed by atoms with van der Waals surface area (Å²) >= 11 is 0. The molecular formula is C24H50O2Si2. The second-order valence-corrected chi connectivity index (χ2v) is 21.6. The smallest absolute Gasteiger partial charge is 0.192 e. The molecule has 1 unspecified atom stereocenters. The van der Waals surface area contributed by atoms with Crippen molar-refractivity contribution in [1.82, 2.24) is 0 Å². The molecule has 1 aliphatic rings. The number of hydrogen-bond donors (Lipinski definition) is 0. The van der Waals surface area contributed by atoms with Crippen LogP contribution in [0.5, 0.6) is 0 Å². The molecule has 3 atom stereocenters. The van der Waals surface area contributed by atoms with Gasteiger partial charge in [-0.15, -0.1) is 0 Å². The fraction of sp³-hybridized carbons (Fsp3) is 0.917. The van der Waals surface area contributed by atoms with E-state index in [0.717, 1.165) is 25.7 Å². The van der Waals surface area contributed by atoms with Gasteiger partial charge in [-0.25, -0.2) is 0 Å². The first-order valence-electron chi connectivity index (χ1n) is 11.6. The van der Waals surface area contributed by atoms with Crippen LogP contribution in [0, 0.1) is 5.92 Å². The molecule has 0 aromatic heterocycles. The molecule has 4 heteroatoms. The predicted molar refractivity (Wildman–Crippen MR) is 130 cm³/mol. The molecule has 0 fully saturated rings. The normalized spacial score (nSPS) is 26.2. The van der Waals surface area contributed by atoms with E-state index in [1.807, 2.05) is 0 Å². The molecule has 2 nitrogen and oxygen atoms in total. The topological polar surface area (TPSA) is 18.5 Å². The average Bonchev–Trinajstić information content (AvgIpc) is 2.50. The van der Waals surface area contributed by atoms with E-state index in [1.165, 1.54) is 6.42 Å². The van der Waals surface area contributed by atoms with Gasteiger partial charge in [0.15, 0.2) is 16.6 Å². The Morgan fingerprint density at radius 3 is 1.71 bits per heavy atom. The summed E-state index contributed by atoms with van der Waals surface area (Å²) < 4.78 is 14.0. The summed E-state index contributed by atoms with van der Waals surface area (Å²) in [6.45, 7) is 28.3. The van der Waals surface area contributed by atoms with Gasteiger partial charge in [0.05, 0.1) is 12.2 Å². The van der Waals surface area contributed by atoms with E-state index in [2.05, 4.69) is 87.7 Å². The van der Waals surface area contributed by atoms with Crippen molar-refractivity contribution in [2.75, 3.05) is 0 Å². The van der Waals surface area contributed by atoms with Gasteiger partial charge in [-0.2, -0.15) is 0 Å². The van der Waals surface area contributed by atoms with Crippen LogP contribution in [-0.4, -0.2) is 28.8 Å². The standard InChI is InChI=1S/C24H50O2Si2/c1-13-19(2)20-15-14-16-21(25-27(9,10)23(3,4)5)22(18-17-20)26-28(11,12)24(6,7)8/h15,19,21-22H,13-14,16-18H2,1-12H3/b20-15+/t19?,21-,22+/m1/s1. The van der Waals surface area contributed by atoms with Crippen LogP contribution in [0.25, 0.3) is 0 Å². The summed E-state index contributed by atoms with van der Waals surface area (Å²) in [6, 6.07) is 0. The minimum atomic E-state index is -1.84. The van der Waals surface area contributed by atoms with Gasteiger partial charge < -0.3 is 8.85 Å². The van der Waals surface area contributed by atoms with Crippen molar-refractivity contribution >= 4 is 16.6 Å². The van der Waals surface area contributed by atoms with Crippen LogP contribution in [0.1, 0.15) is 87.5 Å². The van der Waals surface area contributed by atoms with Crippen LogP contribution in [-0.2, 0) is 8.85 Å². The highest BCUT2D eigenvalue weighted by molar-refractivity contribution is 6.74. The first kappa shape index (κ1) is 26.1. The molecular weight excluding hydrogens is 376 g/mol. The molecule has 0 aromatic carbocycles. The zero-order chi connectivity index (χ0) is 22.0. The van der Waals surface area contributed by atoms with Crippen LogP contribution in [0.2, 0.25) is 36.3 Å². The van der Waals surface area contributed by atoms with Gasteiger partial charge in [0.2, 0.25) is 0 Å². The predicted octanol–water partition coefficient (Wildman–Crippen LogP) is 8.31. The quantitative estimate of drug-likeness (QED) is 0.314. The second-order valence-electron chi connectivity index (χ2n) is 12.0. The number of allylic oxidation sites excluding steroid dienone is 2. The fourth-order valence-corrected chi connectivity index (χ4v) is 6.07. The van der Waals surface area contributed by atoms with Gasteiger partial charge in [-0.3, -0.25) is 0 Å². The summed E-state index contributed by atoms with van der Waals surface area (Å²) in [4.78, 5) is 0. The van der Waals surface area contributed by atoms with E-state index in [1.54, 1.807) is 5.57 Å². The van der Waals surface area contributed by atoms with Crippen molar-refractivity contribution in [2.24, 2.45) is 5.92 Å². The van der Waals surface area contributed by atoms with Crippen molar-refractivity contribution in [3.63, 3.8) is 0 Å². The third kappa shape index (κ3) is 6.82. The van der Waals surface area contributed by atoms with Gasteiger partial charge in [0.25, 0.3) is 0 Å². The van der Waals surface area contributed by atoms with Crippen LogP contribution < -0.4 is 0 Å². The lowest BCUT2D eigenvalue weighted by Crippen LogP contribution is -2.52. The lowest BCUT2D eigenvalue weighted by atomic mass is 9.88.